The monoisotopic (exact) mass is 325 g/mol. The lowest BCUT2D eigenvalue weighted by Gasteiger charge is -2.30. The second-order valence-electron chi connectivity index (χ2n) is 5.36. The third-order valence-electron chi connectivity index (χ3n) is 3.83. The Bertz CT molecular complexity index is 751. The number of carboxylic acid groups (broad SMARTS) is 1. The number of carbonyl (C=O) groups is 1. The van der Waals surface area contributed by atoms with Gasteiger partial charge in [0, 0.05) is 18.8 Å². The van der Waals surface area contributed by atoms with Gasteiger partial charge in [-0.25, -0.2) is 9.48 Å². The normalized spacial score (nSPS) is 14.7. The van der Waals surface area contributed by atoms with Crippen molar-refractivity contribution < 1.29 is 23.1 Å². The molecule has 1 aliphatic rings. The van der Waals surface area contributed by atoms with E-state index in [0.29, 0.717) is 30.3 Å². The molecule has 5 nitrogen and oxygen atoms in total. The van der Waals surface area contributed by atoms with E-state index in [1.807, 2.05) is 0 Å². The molecule has 0 saturated heterocycles. The summed E-state index contributed by atoms with van der Waals surface area (Å²) in [6.45, 7) is 2.72. The van der Waals surface area contributed by atoms with E-state index >= 15 is 0 Å². The number of aromatic carboxylic acids is 1. The Morgan fingerprint density at radius 2 is 1.87 bits per heavy atom. The molecule has 8 heteroatoms. The average molecular weight is 325 g/mol. The fourth-order valence-corrected chi connectivity index (χ4v) is 2.82. The van der Waals surface area contributed by atoms with Crippen LogP contribution in [0.2, 0.25) is 0 Å². The molecule has 122 valence electrons. The molecule has 2 heterocycles. The van der Waals surface area contributed by atoms with E-state index in [-0.39, 0.29) is 5.56 Å². The van der Waals surface area contributed by atoms with Gasteiger partial charge < -0.3 is 10.0 Å². The van der Waals surface area contributed by atoms with Crippen LogP contribution in [0.1, 0.15) is 28.0 Å². The van der Waals surface area contributed by atoms with Crippen molar-refractivity contribution >= 4 is 17.5 Å². The molecule has 1 aromatic carbocycles. The molecule has 0 radical (unpaired) electrons. The van der Waals surface area contributed by atoms with Gasteiger partial charge in [0.25, 0.3) is 0 Å². The van der Waals surface area contributed by atoms with Crippen LogP contribution in [0.3, 0.4) is 0 Å². The molecule has 0 amide bonds. The van der Waals surface area contributed by atoms with Gasteiger partial charge in [0.2, 0.25) is 0 Å². The zero-order valence-corrected chi connectivity index (χ0v) is 12.3. The van der Waals surface area contributed by atoms with Crippen LogP contribution in [0.4, 0.5) is 24.7 Å². The smallest absolute Gasteiger partial charge is 0.416 e. The van der Waals surface area contributed by atoms with Crippen LogP contribution >= 0.6 is 0 Å². The van der Waals surface area contributed by atoms with Gasteiger partial charge in [-0.2, -0.15) is 18.3 Å². The van der Waals surface area contributed by atoms with Crippen molar-refractivity contribution in [2.24, 2.45) is 0 Å². The summed E-state index contributed by atoms with van der Waals surface area (Å²) >= 11 is 0. The number of hydrogen-bond donors (Lipinski definition) is 1. The number of hydrogen-bond acceptors (Lipinski definition) is 3. The van der Waals surface area contributed by atoms with E-state index in [9.17, 15) is 23.1 Å². The molecule has 3 rings (SSSR count). The Morgan fingerprint density at radius 1 is 1.22 bits per heavy atom. The van der Waals surface area contributed by atoms with Crippen molar-refractivity contribution in [3.63, 3.8) is 0 Å². The molecule has 0 unspecified atom stereocenters. The number of anilines is 2. The first-order chi connectivity index (χ1) is 10.8. The van der Waals surface area contributed by atoms with Gasteiger partial charge in [0.1, 0.15) is 11.4 Å². The Hall–Kier alpha value is -2.51. The lowest BCUT2D eigenvalue weighted by Crippen LogP contribution is -2.29. The van der Waals surface area contributed by atoms with E-state index in [1.165, 1.54) is 12.1 Å². The third kappa shape index (κ3) is 2.64. The van der Waals surface area contributed by atoms with Crippen LogP contribution in [0.15, 0.2) is 24.3 Å². The summed E-state index contributed by atoms with van der Waals surface area (Å²) in [7, 11) is 0. The number of aryl methyl sites for hydroxylation is 2. The van der Waals surface area contributed by atoms with Crippen LogP contribution in [0.25, 0.3) is 0 Å². The minimum absolute atomic E-state index is 0.0876. The second kappa shape index (κ2) is 5.29. The maximum absolute atomic E-state index is 12.7. The fourth-order valence-electron chi connectivity index (χ4n) is 2.82. The molecule has 23 heavy (non-hydrogen) atoms. The molecule has 0 bridgehead atoms. The van der Waals surface area contributed by atoms with Gasteiger partial charge in [-0.05, 0) is 37.6 Å². The molecular weight excluding hydrogens is 311 g/mol. The fraction of sp³-hybridized carbons (Fsp3) is 0.333. The summed E-state index contributed by atoms with van der Waals surface area (Å²) < 4.78 is 39.6. The Morgan fingerprint density at radius 3 is 2.43 bits per heavy atom. The summed E-state index contributed by atoms with van der Waals surface area (Å²) in [6.07, 6.45) is -3.67. The summed E-state index contributed by atoms with van der Waals surface area (Å²) in [4.78, 5) is 13.2. The Labute approximate surface area is 129 Å². The summed E-state index contributed by atoms with van der Waals surface area (Å²) in [5.41, 5.74) is 0.263. The molecular formula is C15H14F3N3O2. The first kappa shape index (κ1) is 15.4. The van der Waals surface area contributed by atoms with Crippen molar-refractivity contribution in [2.75, 3.05) is 11.4 Å². The van der Waals surface area contributed by atoms with Crippen molar-refractivity contribution in [1.29, 1.82) is 0 Å². The lowest BCUT2D eigenvalue weighted by molar-refractivity contribution is -0.137. The van der Waals surface area contributed by atoms with Gasteiger partial charge in [-0.1, -0.05) is 0 Å². The largest absolute Gasteiger partial charge is 0.477 e. The van der Waals surface area contributed by atoms with E-state index in [2.05, 4.69) is 5.10 Å². The SMILES string of the molecule is Cc1nn2c(c1C(=O)O)N(c1ccc(C(F)(F)F)cc1)CCC2. The highest BCUT2D eigenvalue weighted by Gasteiger charge is 2.32. The van der Waals surface area contributed by atoms with Crippen LogP contribution in [-0.2, 0) is 12.7 Å². The molecule has 0 spiro atoms. The predicted octanol–water partition coefficient (Wildman–Crippen LogP) is 3.45. The first-order valence-corrected chi connectivity index (χ1v) is 7.04. The predicted molar refractivity (Wildman–Crippen MR) is 77.0 cm³/mol. The van der Waals surface area contributed by atoms with Crippen molar-refractivity contribution in [1.82, 2.24) is 9.78 Å². The van der Waals surface area contributed by atoms with E-state index in [0.717, 1.165) is 18.6 Å². The highest BCUT2D eigenvalue weighted by molar-refractivity contribution is 5.96. The molecule has 1 aliphatic heterocycles. The zero-order chi connectivity index (χ0) is 16.8. The van der Waals surface area contributed by atoms with Gasteiger partial charge >= 0.3 is 12.1 Å². The molecule has 0 aliphatic carbocycles. The highest BCUT2D eigenvalue weighted by Crippen LogP contribution is 2.36. The second-order valence-corrected chi connectivity index (χ2v) is 5.36. The number of benzene rings is 1. The van der Waals surface area contributed by atoms with Crippen molar-refractivity contribution in [3.05, 3.63) is 41.1 Å². The maximum Gasteiger partial charge on any atom is 0.416 e. The molecule has 1 N–H and O–H groups in total. The molecule has 2 aromatic rings. The minimum Gasteiger partial charge on any atom is -0.477 e. The van der Waals surface area contributed by atoms with Gasteiger partial charge in [0.05, 0.1) is 11.3 Å². The number of halogens is 3. The molecule has 1 aromatic heterocycles. The minimum atomic E-state index is -4.40. The van der Waals surface area contributed by atoms with E-state index in [4.69, 9.17) is 0 Å². The average Bonchev–Trinajstić information content (AvgIpc) is 2.82. The van der Waals surface area contributed by atoms with Crippen molar-refractivity contribution in [3.8, 4) is 0 Å². The summed E-state index contributed by atoms with van der Waals surface area (Å²) in [5, 5.41) is 13.6. The number of fused-ring (bicyclic) bond motifs is 1. The Kier molecular flexibility index (Phi) is 3.54. The standard InChI is InChI=1S/C15H14F3N3O2/c1-9-12(14(22)23)13-20(7-2-8-21(13)19-9)11-5-3-10(4-6-11)15(16,17)18/h3-6H,2,7-8H2,1H3,(H,22,23). The number of nitrogens with zero attached hydrogens (tertiary/aromatic N) is 3. The van der Waals surface area contributed by atoms with E-state index in [1.54, 1.807) is 16.5 Å². The van der Waals surface area contributed by atoms with Crippen LogP contribution < -0.4 is 4.90 Å². The topological polar surface area (TPSA) is 58.4 Å². The highest BCUT2D eigenvalue weighted by atomic mass is 19.4. The molecule has 0 atom stereocenters. The summed E-state index contributed by atoms with van der Waals surface area (Å²) in [6, 6.07) is 4.70. The van der Waals surface area contributed by atoms with Crippen LogP contribution in [0.5, 0.6) is 0 Å². The maximum atomic E-state index is 12.7. The molecule has 0 saturated carbocycles. The Balaban J connectivity index is 2.05. The van der Waals surface area contributed by atoms with Crippen LogP contribution in [0, 0.1) is 6.92 Å². The lowest BCUT2D eigenvalue weighted by atomic mass is 10.1. The molecule has 0 fully saturated rings. The van der Waals surface area contributed by atoms with Crippen LogP contribution in [-0.4, -0.2) is 27.4 Å². The van der Waals surface area contributed by atoms with Crippen molar-refractivity contribution in [2.45, 2.75) is 26.1 Å². The van der Waals surface area contributed by atoms with Gasteiger partial charge in [-0.3, -0.25) is 0 Å². The van der Waals surface area contributed by atoms with E-state index < -0.39 is 17.7 Å². The number of alkyl halides is 3. The van der Waals surface area contributed by atoms with Gasteiger partial charge in [-0.15, -0.1) is 0 Å². The summed E-state index contributed by atoms with van der Waals surface area (Å²) in [5.74, 6) is -0.677. The quantitative estimate of drug-likeness (QED) is 0.919. The van der Waals surface area contributed by atoms with Gasteiger partial charge in [0.15, 0.2) is 0 Å². The number of aromatic nitrogens is 2. The zero-order valence-electron chi connectivity index (χ0n) is 12.3. The number of rotatable bonds is 2. The third-order valence-corrected chi connectivity index (χ3v) is 3.83. The first-order valence-electron chi connectivity index (χ1n) is 7.04. The number of carboxylic acids is 1.